The van der Waals surface area contributed by atoms with E-state index in [0.717, 1.165) is 16.8 Å². The lowest BCUT2D eigenvalue weighted by atomic mass is 10.1. The minimum absolute atomic E-state index is 0.108. The Morgan fingerprint density at radius 3 is 2.50 bits per heavy atom. The molecule has 1 heterocycles. The van der Waals surface area contributed by atoms with E-state index in [1.54, 1.807) is 24.1 Å². The van der Waals surface area contributed by atoms with Crippen molar-refractivity contribution in [1.29, 1.82) is 0 Å². The van der Waals surface area contributed by atoms with Gasteiger partial charge in [-0.05, 0) is 65.4 Å². The summed E-state index contributed by atoms with van der Waals surface area (Å²) < 4.78 is 15.9. The summed E-state index contributed by atoms with van der Waals surface area (Å²) in [6.07, 6.45) is 1.85. The molecule has 184 valence electrons. The molecule has 0 N–H and O–H groups in total. The molecule has 1 aliphatic rings. The van der Waals surface area contributed by atoms with Crippen molar-refractivity contribution in [2.75, 3.05) is 27.4 Å². The van der Waals surface area contributed by atoms with Crippen LogP contribution in [-0.2, 0) is 20.9 Å². The Morgan fingerprint density at radius 1 is 1.00 bits per heavy atom. The van der Waals surface area contributed by atoms with Crippen LogP contribution in [0.2, 0.25) is 0 Å². The van der Waals surface area contributed by atoms with Gasteiger partial charge in [-0.2, -0.15) is 0 Å². The first-order valence-corrected chi connectivity index (χ1v) is 12.1. The van der Waals surface area contributed by atoms with Crippen molar-refractivity contribution < 1.29 is 23.8 Å². The molecule has 7 nitrogen and oxygen atoms in total. The average molecular weight is 503 g/mol. The fourth-order valence-electron chi connectivity index (χ4n) is 3.45. The summed E-state index contributed by atoms with van der Waals surface area (Å²) in [7, 11) is 2.96. The molecule has 0 radical (unpaired) electrons. The van der Waals surface area contributed by atoms with Gasteiger partial charge >= 0.3 is 5.97 Å². The Kier molecular flexibility index (Phi) is 8.54. The minimum Gasteiger partial charge on any atom is -0.489 e. The maximum Gasteiger partial charge on any atom is 0.337 e. The van der Waals surface area contributed by atoms with Crippen molar-refractivity contribution in [2.24, 2.45) is 4.99 Å². The molecular weight excluding hydrogens is 476 g/mol. The second kappa shape index (κ2) is 12.2. The zero-order chi connectivity index (χ0) is 25.3. The van der Waals surface area contributed by atoms with Crippen LogP contribution in [0.15, 0.2) is 88.8 Å². The SMILES string of the molecule is COCCN1C(=O)C(=Cc2cccc(OCc3ccc(C(=O)OC)cc3)c2)SC1=Nc1ccccc1. The number of amides is 1. The Hall–Kier alpha value is -3.88. The van der Waals surface area contributed by atoms with Crippen molar-refractivity contribution in [2.45, 2.75) is 6.61 Å². The highest BCUT2D eigenvalue weighted by molar-refractivity contribution is 8.18. The van der Waals surface area contributed by atoms with Crippen molar-refractivity contribution in [3.63, 3.8) is 0 Å². The lowest BCUT2D eigenvalue weighted by Crippen LogP contribution is -2.32. The van der Waals surface area contributed by atoms with Crippen LogP contribution in [0.25, 0.3) is 6.08 Å². The Balaban J connectivity index is 1.48. The number of benzene rings is 3. The Morgan fingerprint density at radius 2 is 1.78 bits per heavy atom. The highest BCUT2D eigenvalue weighted by Gasteiger charge is 2.33. The molecule has 36 heavy (non-hydrogen) atoms. The van der Waals surface area contributed by atoms with Gasteiger partial charge in [-0.3, -0.25) is 9.69 Å². The van der Waals surface area contributed by atoms with Gasteiger partial charge in [-0.1, -0.05) is 42.5 Å². The second-order valence-electron chi connectivity index (χ2n) is 7.84. The highest BCUT2D eigenvalue weighted by atomic mass is 32.2. The zero-order valence-electron chi connectivity index (χ0n) is 20.0. The molecule has 0 spiro atoms. The van der Waals surface area contributed by atoms with E-state index in [-0.39, 0.29) is 11.9 Å². The quantitative estimate of drug-likeness (QED) is 0.292. The number of hydrogen-bond donors (Lipinski definition) is 0. The molecule has 4 rings (SSSR count). The Bertz CT molecular complexity index is 1270. The number of carbonyl (C=O) groups is 2. The first-order chi connectivity index (χ1) is 17.6. The molecule has 3 aromatic rings. The standard InChI is InChI=1S/C28H26N2O5S/c1-33-16-15-30-26(31)25(36-28(30)29-23-8-4-3-5-9-23)18-21-7-6-10-24(17-21)35-19-20-11-13-22(14-12-20)27(32)34-2/h3-14,17-18H,15-16,19H2,1-2H3. The molecule has 0 aromatic heterocycles. The van der Waals surface area contributed by atoms with Crippen LogP contribution in [-0.4, -0.2) is 49.3 Å². The fraction of sp³-hybridized carbons (Fsp3) is 0.179. The Labute approximate surface area is 214 Å². The average Bonchev–Trinajstić information content (AvgIpc) is 3.20. The number of hydrogen-bond acceptors (Lipinski definition) is 7. The van der Waals surface area contributed by atoms with Gasteiger partial charge in [0.2, 0.25) is 0 Å². The van der Waals surface area contributed by atoms with E-state index in [2.05, 4.69) is 4.99 Å². The van der Waals surface area contributed by atoms with E-state index in [4.69, 9.17) is 14.2 Å². The molecule has 1 aliphatic heterocycles. The van der Waals surface area contributed by atoms with E-state index < -0.39 is 0 Å². The van der Waals surface area contributed by atoms with Crippen molar-refractivity contribution >= 4 is 40.6 Å². The van der Waals surface area contributed by atoms with Gasteiger partial charge in [0.25, 0.3) is 5.91 Å². The summed E-state index contributed by atoms with van der Waals surface area (Å²) in [6.45, 7) is 1.18. The lowest BCUT2D eigenvalue weighted by molar-refractivity contribution is -0.122. The molecular formula is C28H26N2O5S. The molecule has 1 fully saturated rings. The molecule has 0 unspecified atom stereocenters. The number of esters is 1. The van der Waals surface area contributed by atoms with Gasteiger partial charge in [0, 0.05) is 7.11 Å². The van der Waals surface area contributed by atoms with Crippen LogP contribution in [0.4, 0.5) is 5.69 Å². The lowest BCUT2D eigenvalue weighted by Gasteiger charge is -2.14. The molecule has 0 atom stereocenters. The van der Waals surface area contributed by atoms with Crippen LogP contribution in [0.3, 0.4) is 0 Å². The van der Waals surface area contributed by atoms with E-state index in [0.29, 0.717) is 41.1 Å². The van der Waals surface area contributed by atoms with E-state index in [9.17, 15) is 9.59 Å². The summed E-state index contributed by atoms with van der Waals surface area (Å²) in [6, 6.07) is 24.2. The van der Waals surface area contributed by atoms with Gasteiger partial charge in [0.1, 0.15) is 12.4 Å². The highest BCUT2D eigenvalue weighted by Crippen LogP contribution is 2.34. The number of methoxy groups -OCH3 is 2. The number of rotatable bonds is 9. The third kappa shape index (κ3) is 6.41. The number of nitrogens with zero attached hydrogens (tertiary/aromatic N) is 2. The second-order valence-corrected chi connectivity index (χ2v) is 8.85. The zero-order valence-corrected chi connectivity index (χ0v) is 20.9. The van der Waals surface area contributed by atoms with Crippen molar-refractivity contribution in [3.8, 4) is 5.75 Å². The number of carbonyl (C=O) groups excluding carboxylic acids is 2. The fourth-order valence-corrected chi connectivity index (χ4v) is 4.48. The van der Waals surface area contributed by atoms with Crippen LogP contribution >= 0.6 is 11.8 Å². The summed E-state index contributed by atoms with van der Waals surface area (Å²) in [4.78, 5) is 31.6. The first-order valence-electron chi connectivity index (χ1n) is 11.3. The predicted molar refractivity (Wildman–Crippen MR) is 141 cm³/mol. The number of aliphatic imine (C=N–C) groups is 1. The normalized spacial score (nSPS) is 15.5. The molecule has 0 bridgehead atoms. The number of para-hydroxylation sites is 1. The molecule has 0 aliphatic carbocycles. The summed E-state index contributed by atoms with van der Waals surface area (Å²) in [5, 5.41) is 0.623. The van der Waals surface area contributed by atoms with E-state index >= 15 is 0 Å². The summed E-state index contributed by atoms with van der Waals surface area (Å²) >= 11 is 1.34. The topological polar surface area (TPSA) is 77.4 Å². The van der Waals surface area contributed by atoms with Gasteiger partial charge in [0.05, 0.1) is 36.4 Å². The molecule has 0 saturated carbocycles. The number of thioether (sulfide) groups is 1. The van der Waals surface area contributed by atoms with Crippen molar-refractivity contribution in [1.82, 2.24) is 4.90 Å². The van der Waals surface area contributed by atoms with Gasteiger partial charge in [-0.25, -0.2) is 9.79 Å². The molecule has 8 heteroatoms. The van der Waals surface area contributed by atoms with E-state index in [1.165, 1.54) is 18.9 Å². The molecule has 3 aromatic carbocycles. The van der Waals surface area contributed by atoms with Crippen molar-refractivity contribution in [3.05, 3.63) is 100 Å². The van der Waals surface area contributed by atoms with Crippen LogP contribution in [0, 0.1) is 0 Å². The molecule has 1 amide bonds. The largest absolute Gasteiger partial charge is 0.489 e. The predicted octanol–water partition coefficient (Wildman–Crippen LogP) is 5.30. The summed E-state index contributed by atoms with van der Waals surface area (Å²) in [5.74, 6) is 0.190. The van der Waals surface area contributed by atoms with Gasteiger partial charge in [-0.15, -0.1) is 0 Å². The van der Waals surface area contributed by atoms with Crippen LogP contribution in [0.5, 0.6) is 5.75 Å². The number of ether oxygens (including phenoxy) is 3. The number of amidine groups is 1. The van der Waals surface area contributed by atoms with E-state index in [1.807, 2.05) is 72.8 Å². The summed E-state index contributed by atoms with van der Waals surface area (Å²) in [5.41, 5.74) is 3.04. The third-order valence-electron chi connectivity index (χ3n) is 5.32. The maximum absolute atomic E-state index is 13.1. The maximum atomic E-state index is 13.1. The van der Waals surface area contributed by atoms with Gasteiger partial charge < -0.3 is 14.2 Å². The van der Waals surface area contributed by atoms with Crippen LogP contribution in [0.1, 0.15) is 21.5 Å². The minimum atomic E-state index is -0.375. The van der Waals surface area contributed by atoms with Crippen LogP contribution < -0.4 is 4.74 Å². The molecule has 1 saturated heterocycles. The smallest absolute Gasteiger partial charge is 0.337 e. The first kappa shape index (κ1) is 25.2. The van der Waals surface area contributed by atoms with Gasteiger partial charge in [0.15, 0.2) is 5.17 Å². The third-order valence-corrected chi connectivity index (χ3v) is 6.33. The monoisotopic (exact) mass is 502 g/mol.